The molecule has 0 aliphatic rings. The molecule has 11 heteroatoms. The first-order chi connectivity index (χ1) is 15.3. The number of hydrogen-bond acceptors (Lipinski definition) is 4. The minimum absolute atomic E-state index is 0.00975. The quantitative estimate of drug-likeness (QED) is 0.428. The fourth-order valence-corrected chi connectivity index (χ4v) is 3.49. The first-order valence-electron chi connectivity index (χ1n) is 9.88. The van der Waals surface area contributed by atoms with Crippen molar-refractivity contribution in [2.24, 2.45) is 11.7 Å². The topological polar surface area (TPSA) is 83.0 Å². The molecular weight excluding hydrogens is 450 g/mol. The highest BCUT2D eigenvalue weighted by Gasteiger charge is 2.48. The van der Waals surface area contributed by atoms with Crippen LogP contribution in [-0.2, 0) is 11.0 Å². The summed E-state index contributed by atoms with van der Waals surface area (Å²) >= 11 is 0. The Balaban J connectivity index is 2.51. The van der Waals surface area contributed by atoms with Gasteiger partial charge in [-0.15, -0.1) is 0 Å². The summed E-state index contributed by atoms with van der Waals surface area (Å²) in [5, 5.41) is 9.14. The zero-order valence-electron chi connectivity index (χ0n) is 17.8. The average Bonchev–Trinajstić information content (AvgIpc) is 2.70. The fraction of sp³-hybridized carbons (Fsp3) is 0.409. The summed E-state index contributed by atoms with van der Waals surface area (Å²) in [4.78, 5) is 16.5. The Hall–Kier alpha value is -3.13. The second kappa shape index (κ2) is 10.2. The molecule has 1 aromatic heterocycles. The summed E-state index contributed by atoms with van der Waals surface area (Å²) in [6, 6.07) is 4.18. The van der Waals surface area contributed by atoms with Crippen LogP contribution in [0.5, 0.6) is 0 Å². The van der Waals surface area contributed by atoms with Crippen molar-refractivity contribution < 1.29 is 31.1 Å². The molecule has 0 bridgehead atoms. The molecule has 1 heterocycles. The largest absolute Gasteiger partial charge is 0.416 e. The van der Waals surface area contributed by atoms with Crippen molar-refractivity contribution >= 4 is 5.91 Å². The number of nitrogens with two attached hydrogens (primary N) is 1. The molecule has 0 radical (unpaired) electrons. The van der Waals surface area contributed by atoms with Crippen molar-refractivity contribution in [3.05, 3.63) is 53.7 Å². The number of primary amides is 1. The van der Waals surface area contributed by atoms with Gasteiger partial charge in [0.15, 0.2) is 0 Å². The number of rotatable bonds is 8. The molecule has 0 spiro atoms. The summed E-state index contributed by atoms with van der Waals surface area (Å²) in [6.07, 6.45) is -8.49. The van der Waals surface area contributed by atoms with Crippen LogP contribution in [0, 0.1) is 17.2 Å². The maximum absolute atomic E-state index is 14.1. The van der Waals surface area contributed by atoms with Crippen LogP contribution in [0.1, 0.15) is 37.4 Å². The lowest BCUT2D eigenvalue weighted by Gasteiger charge is -2.37. The van der Waals surface area contributed by atoms with Gasteiger partial charge in [0.1, 0.15) is 6.04 Å². The minimum atomic E-state index is -4.86. The van der Waals surface area contributed by atoms with Gasteiger partial charge in [-0.25, -0.2) is 0 Å². The fourth-order valence-electron chi connectivity index (χ4n) is 3.49. The van der Waals surface area contributed by atoms with Crippen molar-refractivity contribution in [1.29, 1.82) is 5.26 Å². The van der Waals surface area contributed by atoms with Crippen molar-refractivity contribution in [2.75, 3.05) is 6.54 Å². The average molecular weight is 472 g/mol. The number of nitriles is 1. The van der Waals surface area contributed by atoms with Gasteiger partial charge in [0.25, 0.3) is 0 Å². The number of benzene rings is 1. The van der Waals surface area contributed by atoms with Gasteiger partial charge in [-0.3, -0.25) is 14.7 Å². The number of halogens is 6. The van der Waals surface area contributed by atoms with Gasteiger partial charge in [0.05, 0.1) is 29.9 Å². The minimum Gasteiger partial charge on any atom is -0.368 e. The van der Waals surface area contributed by atoms with Crippen LogP contribution in [0.3, 0.4) is 0 Å². The zero-order chi connectivity index (χ0) is 25.0. The molecule has 33 heavy (non-hydrogen) atoms. The van der Waals surface area contributed by atoms with Crippen LogP contribution in [-0.4, -0.2) is 34.6 Å². The third kappa shape index (κ3) is 6.68. The number of nitrogens with zero attached hydrogens (tertiary/aromatic N) is 3. The molecule has 0 fully saturated rings. The smallest absolute Gasteiger partial charge is 0.368 e. The Morgan fingerprint density at radius 2 is 1.73 bits per heavy atom. The van der Waals surface area contributed by atoms with Crippen LogP contribution < -0.4 is 5.73 Å². The lowest BCUT2D eigenvalue weighted by atomic mass is 9.96. The van der Waals surface area contributed by atoms with Gasteiger partial charge < -0.3 is 5.73 Å². The van der Waals surface area contributed by atoms with Gasteiger partial charge in [0.2, 0.25) is 5.91 Å². The van der Waals surface area contributed by atoms with Crippen LogP contribution in [0.4, 0.5) is 26.3 Å². The summed E-state index contributed by atoms with van der Waals surface area (Å²) in [6.45, 7) is 2.71. The molecule has 5 nitrogen and oxygen atoms in total. The maximum Gasteiger partial charge on any atom is 0.416 e. The molecule has 2 atom stereocenters. The first-order valence-corrected chi connectivity index (χ1v) is 9.88. The molecule has 2 rings (SSSR count). The number of amides is 1. The van der Waals surface area contributed by atoms with Crippen molar-refractivity contribution in [1.82, 2.24) is 9.88 Å². The Bertz CT molecular complexity index is 996. The number of aromatic nitrogens is 1. The lowest BCUT2D eigenvalue weighted by molar-refractivity contribution is -0.192. The number of pyridine rings is 1. The van der Waals surface area contributed by atoms with E-state index in [1.807, 2.05) is 0 Å². The highest BCUT2D eigenvalue weighted by molar-refractivity contribution is 5.80. The number of hydrogen-bond donors (Lipinski definition) is 1. The molecule has 0 saturated heterocycles. The second-order valence-corrected chi connectivity index (χ2v) is 7.87. The Morgan fingerprint density at radius 1 is 1.12 bits per heavy atom. The monoisotopic (exact) mass is 472 g/mol. The SMILES string of the molecule is CC(C)C[C@@H](C(N)=O)N(CC#N)[C@@H](c1ccc(-c2cc(C(F)(F)F)ccn2)cc1)C(F)(F)F. The number of carbonyl (C=O) groups excluding carboxylic acids is 1. The summed E-state index contributed by atoms with van der Waals surface area (Å²) in [5.74, 6) is -1.16. The summed E-state index contributed by atoms with van der Waals surface area (Å²) in [7, 11) is 0. The molecule has 1 amide bonds. The van der Waals surface area contributed by atoms with E-state index < -0.39 is 42.5 Å². The van der Waals surface area contributed by atoms with E-state index in [1.54, 1.807) is 19.9 Å². The van der Waals surface area contributed by atoms with E-state index in [0.29, 0.717) is 4.90 Å². The molecule has 0 saturated carbocycles. The van der Waals surface area contributed by atoms with Crippen LogP contribution >= 0.6 is 0 Å². The Labute approximate surface area is 186 Å². The molecule has 0 unspecified atom stereocenters. The highest BCUT2D eigenvalue weighted by atomic mass is 19.4. The molecule has 178 valence electrons. The Kier molecular flexibility index (Phi) is 8.08. The van der Waals surface area contributed by atoms with Crippen LogP contribution in [0.2, 0.25) is 0 Å². The second-order valence-electron chi connectivity index (χ2n) is 7.87. The van der Waals surface area contributed by atoms with E-state index in [-0.39, 0.29) is 29.2 Å². The Morgan fingerprint density at radius 3 is 2.18 bits per heavy atom. The maximum atomic E-state index is 14.1. The van der Waals surface area contributed by atoms with E-state index >= 15 is 0 Å². The van der Waals surface area contributed by atoms with Crippen molar-refractivity contribution in [3.8, 4) is 17.3 Å². The highest BCUT2D eigenvalue weighted by Crippen LogP contribution is 2.40. The van der Waals surface area contributed by atoms with Gasteiger partial charge in [-0.2, -0.15) is 31.6 Å². The lowest BCUT2D eigenvalue weighted by Crippen LogP contribution is -2.51. The molecule has 0 aliphatic heterocycles. The molecule has 1 aromatic carbocycles. The summed E-state index contributed by atoms with van der Waals surface area (Å²) < 4.78 is 81.2. The van der Waals surface area contributed by atoms with E-state index in [0.717, 1.165) is 30.5 Å². The summed E-state index contributed by atoms with van der Waals surface area (Å²) in [5.41, 5.74) is 4.24. The van der Waals surface area contributed by atoms with Gasteiger partial charge in [0, 0.05) is 11.8 Å². The van der Waals surface area contributed by atoms with Gasteiger partial charge in [-0.1, -0.05) is 38.1 Å². The molecule has 2 N–H and O–H groups in total. The van der Waals surface area contributed by atoms with E-state index in [1.165, 1.54) is 12.1 Å². The van der Waals surface area contributed by atoms with Crippen molar-refractivity contribution in [2.45, 2.75) is 44.7 Å². The van der Waals surface area contributed by atoms with Crippen LogP contribution in [0.25, 0.3) is 11.3 Å². The van der Waals surface area contributed by atoms with E-state index in [4.69, 9.17) is 11.0 Å². The van der Waals surface area contributed by atoms with E-state index in [2.05, 4.69) is 4.98 Å². The normalized spacial score (nSPS) is 14.2. The number of carbonyl (C=O) groups is 1. The first kappa shape index (κ1) is 26.1. The number of alkyl halides is 6. The van der Waals surface area contributed by atoms with Gasteiger partial charge >= 0.3 is 12.4 Å². The molecule has 2 aromatic rings. The zero-order valence-corrected chi connectivity index (χ0v) is 17.8. The molecular formula is C22H22F6N4O. The van der Waals surface area contributed by atoms with Crippen LogP contribution in [0.15, 0.2) is 42.6 Å². The predicted molar refractivity (Wildman–Crippen MR) is 108 cm³/mol. The third-order valence-corrected chi connectivity index (χ3v) is 4.93. The predicted octanol–water partition coefficient (Wildman–Crippen LogP) is 5.10. The molecule has 0 aliphatic carbocycles. The van der Waals surface area contributed by atoms with E-state index in [9.17, 15) is 31.1 Å². The standard InChI is InChI=1S/C22H22F6N4O/c1-13(2)11-18(20(30)33)32(10-8-29)19(22(26,27)28)15-5-3-14(4-6-15)17-12-16(7-9-31-17)21(23,24)25/h3-7,9,12-13,18-19H,10-11H2,1-2H3,(H2,30,33)/t18-,19-/m0/s1. The van der Waals surface area contributed by atoms with Gasteiger partial charge in [-0.05, 0) is 30.0 Å². The third-order valence-electron chi connectivity index (χ3n) is 4.93. The van der Waals surface area contributed by atoms with Crippen molar-refractivity contribution in [3.63, 3.8) is 0 Å².